The molecule has 0 aromatic heterocycles. The summed E-state index contributed by atoms with van der Waals surface area (Å²) in [6.07, 6.45) is 7.88. The van der Waals surface area contributed by atoms with Gasteiger partial charge in [-0.05, 0) is 19.3 Å². The molecular weight excluding hydrogens is 312 g/mol. The molecule has 0 aromatic carbocycles. The molecule has 0 atom stereocenters. The third kappa shape index (κ3) is 7.08. The van der Waals surface area contributed by atoms with Crippen molar-refractivity contribution in [2.45, 2.75) is 57.9 Å². The molecule has 0 unspecified atom stereocenters. The van der Waals surface area contributed by atoms with Crippen LogP contribution in [0, 0.1) is 0 Å². The Morgan fingerprint density at radius 3 is 2.10 bits per heavy atom. The molecule has 0 amide bonds. The lowest BCUT2D eigenvalue weighted by molar-refractivity contribution is 0.297. The maximum atomic E-state index is 12.0. The molecule has 0 saturated heterocycles. The molecule has 6 nitrogen and oxygen atoms in total. The highest BCUT2D eigenvalue weighted by atomic mass is 32.2. The van der Waals surface area contributed by atoms with E-state index in [1.807, 2.05) is 0 Å². The third-order valence-electron chi connectivity index (χ3n) is 3.78. The second kappa shape index (κ2) is 8.45. The van der Waals surface area contributed by atoms with Crippen LogP contribution in [-0.2, 0) is 20.0 Å². The van der Waals surface area contributed by atoms with Crippen LogP contribution < -0.4 is 4.72 Å². The maximum Gasteiger partial charge on any atom is 0.211 e. The lowest BCUT2D eigenvalue weighted by atomic mass is 10.1. The molecule has 0 radical (unpaired) electrons. The Labute approximate surface area is 129 Å². The van der Waals surface area contributed by atoms with Crippen LogP contribution in [0.5, 0.6) is 0 Å². The van der Waals surface area contributed by atoms with Crippen molar-refractivity contribution in [3.05, 3.63) is 0 Å². The molecule has 0 aliphatic heterocycles. The first kappa shape index (κ1) is 18.9. The highest BCUT2D eigenvalue weighted by Gasteiger charge is 2.27. The van der Waals surface area contributed by atoms with Crippen LogP contribution in [0.3, 0.4) is 0 Å². The number of nitrogens with one attached hydrogen (secondary N) is 1. The zero-order valence-corrected chi connectivity index (χ0v) is 14.7. The van der Waals surface area contributed by atoms with Gasteiger partial charge in [0.15, 0.2) is 0 Å². The standard InChI is InChI=1S/C13H28N2O4S2/c1-3-12-21(18,19)14-10-11-15(20(2,16)17)13-8-6-4-5-7-9-13/h13-14H,3-12H2,1-2H3. The molecule has 1 rings (SSSR count). The molecule has 126 valence electrons. The fraction of sp³-hybridized carbons (Fsp3) is 1.00. The number of rotatable bonds is 8. The molecular formula is C13H28N2O4S2. The van der Waals surface area contributed by atoms with E-state index in [4.69, 9.17) is 0 Å². The minimum Gasteiger partial charge on any atom is -0.214 e. The van der Waals surface area contributed by atoms with Crippen LogP contribution in [0.1, 0.15) is 51.9 Å². The predicted octanol–water partition coefficient (Wildman–Crippen LogP) is 1.30. The number of nitrogens with zero attached hydrogens (tertiary/aromatic N) is 1. The maximum absolute atomic E-state index is 12.0. The van der Waals surface area contributed by atoms with Gasteiger partial charge in [0, 0.05) is 19.1 Å². The van der Waals surface area contributed by atoms with Crippen molar-refractivity contribution in [2.24, 2.45) is 0 Å². The van der Waals surface area contributed by atoms with Gasteiger partial charge >= 0.3 is 0 Å². The summed E-state index contributed by atoms with van der Waals surface area (Å²) in [4.78, 5) is 0. The van der Waals surface area contributed by atoms with E-state index >= 15 is 0 Å². The van der Waals surface area contributed by atoms with Gasteiger partial charge in [-0.1, -0.05) is 32.6 Å². The topological polar surface area (TPSA) is 83.6 Å². The normalized spacial score (nSPS) is 18.8. The first-order chi connectivity index (χ1) is 9.76. The summed E-state index contributed by atoms with van der Waals surface area (Å²) in [6, 6.07) is 0.0122. The first-order valence-corrected chi connectivity index (χ1v) is 11.2. The monoisotopic (exact) mass is 340 g/mol. The van der Waals surface area contributed by atoms with E-state index in [0.717, 1.165) is 38.5 Å². The summed E-state index contributed by atoms with van der Waals surface area (Å²) in [5, 5.41) is 0. The van der Waals surface area contributed by atoms with Crippen LogP contribution >= 0.6 is 0 Å². The van der Waals surface area contributed by atoms with Crippen molar-refractivity contribution >= 4 is 20.0 Å². The minimum absolute atomic E-state index is 0.0122. The summed E-state index contributed by atoms with van der Waals surface area (Å²) in [6.45, 7) is 2.16. The van der Waals surface area contributed by atoms with Crippen molar-refractivity contribution in [3.8, 4) is 0 Å². The number of sulfonamides is 2. The van der Waals surface area contributed by atoms with E-state index in [1.165, 1.54) is 10.6 Å². The number of hydrogen-bond acceptors (Lipinski definition) is 4. The Kier molecular flexibility index (Phi) is 7.59. The zero-order valence-electron chi connectivity index (χ0n) is 13.0. The van der Waals surface area contributed by atoms with Crippen molar-refractivity contribution in [2.75, 3.05) is 25.1 Å². The van der Waals surface area contributed by atoms with Crippen LogP contribution in [0.2, 0.25) is 0 Å². The van der Waals surface area contributed by atoms with Gasteiger partial charge in [0.25, 0.3) is 0 Å². The first-order valence-electron chi connectivity index (χ1n) is 7.70. The average Bonchev–Trinajstić information content (AvgIpc) is 2.61. The SMILES string of the molecule is CCCS(=O)(=O)NCCN(C1CCCCCC1)S(C)(=O)=O. The summed E-state index contributed by atoms with van der Waals surface area (Å²) in [5.41, 5.74) is 0. The Hall–Kier alpha value is -0.180. The molecule has 1 aliphatic carbocycles. The largest absolute Gasteiger partial charge is 0.214 e. The van der Waals surface area contributed by atoms with Gasteiger partial charge in [0.05, 0.1) is 12.0 Å². The molecule has 0 spiro atoms. The molecule has 1 N–H and O–H groups in total. The van der Waals surface area contributed by atoms with Crippen LogP contribution in [-0.4, -0.2) is 52.3 Å². The second-order valence-corrected chi connectivity index (χ2v) is 9.59. The second-order valence-electron chi connectivity index (χ2n) is 5.73. The summed E-state index contributed by atoms with van der Waals surface area (Å²) >= 11 is 0. The molecule has 21 heavy (non-hydrogen) atoms. The average molecular weight is 341 g/mol. The molecule has 1 aliphatic rings. The van der Waals surface area contributed by atoms with Gasteiger partial charge < -0.3 is 0 Å². The molecule has 1 fully saturated rings. The molecule has 0 aromatic rings. The Balaban J connectivity index is 2.63. The van der Waals surface area contributed by atoms with Crippen molar-refractivity contribution in [1.29, 1.82) is 0 Å². The fourth-order valence-electron chi connectivity index (χ4n) is 2.82. The number of hydrogen-bond donors (Lipinski definition) is 1. The van der Waals surface area contributed by atoms with E-state index in [1.54, 1.807) is 6.92 Å². The van der Waals surface area contributed by atoms with Gasteiger partial charge in [-0.25, -0.2) is 21.6 Å². The predicted molar refractivity (Wildman–Crippen MR) is 85.1 cm³/mol. The van der Waals surface area contributed by atoms with E-state index in [9.17, 15) is 16.8 Å². The third-order valence-corrected chi connectivity index (χ3v) is 6.71. The van der Waals surface area contributed by atoms with Crippen LogP contribution in [0.15, 0.2) is 0 Å². The minimum atomic E-state index is -3.31. The Morgan fingerprint density at radius 1 is 1.05 bits per heavy atom. The zero-order chi connectivity index (χ0) is 15.9. The van der Waals surface area contributed by atoms with Gasteiger partial charge in [0.2, 0.25) is 20.0 Å². The van der Waals surface area contributed by atoms with E-state index in [0.29, 0.717) is 6.42 Å². The van der Waals surface area contributed by atoms with Gasteiger partial charge in [-0.15, -0.1) is 0 Å². The van der Waals surface area contributed by atoms with Crippen LogP contribution in [0.4, 0.5) is 0 Å². The Morgan fingerprint density at radius 2 is 1.62 bits per heavy atom. The molecule has 8 heteroatoms. The van der Waals surface area contributed by atoms with Gasteiger partial charge in [-0.3, -0.25) is 0 Å². The van der Waals surface area contributed by atoms with Gasteiger partial charge in [-0.2, -0.15) is 4.31 Å². The van der Waals surface area contributed by atoms with Crippen molar-refractivity contribution < 1.29 is 16.8 Å². The van der Waals surface area contributed by atoms with Gasteiger partial charge in [0.1, 0.15) is 0 Å². The molecule has 0 bridgehead atoms. The summed E-state index contributed by atoms with van der Waals surface area (Å²) < 4.78 is 51.1. The Bertz CT molecular complexity index is 494. The summed E-state index contributed by atoms with van der Waals surface area (Å²) in [7, 11) is -6.59. The lowest BCUT2D eigenvalue weighted by Crippen LogP contribution is -2.44. The smallest absolute Gasteiger partial charge is 0.211 e. The van der Waals surface area contributed by atoms with Crippen LogP contribution in [0.25, 0.3) is 0 Å². The molecule has 0 heterocycles. The quantitative estimate of drug-likeness (QED) is 0.675. The van der Waals surface area contributed by atoms with E-state index in [2.05, 4.69) is 4.72 Å². The summed E-state index contributed by atoms with van der Waals surface area (Å²) in [5.74, 6) is 0.0787. The highest BCUT2D eigenvalue weighted by Crippen LogP contribution is 2.23. The van der Waals surface area contributed by atoms with Crippen molar-refractivity contribution in [3.63, 3.8) is 0 Å². The fourth-order valence-corrected chi connectivity index (χ4v) is 5.08. The van der Waals surface area contributed by atoms with E-state index < -0.39 is 20.0 Å². The van der Waals surface area contributed by atoms with Crippen molar-refractivity contribution in [1.82, 2.24) is 9.03 Å². The van der Waals surface area contributed by atoms with E-state index in [-0.39, 0.29) is 24.9 Å². The highest BCUT2D eigenvalue weighted by molar-refractivity contribution is 7.89. The lowest BCUT2D eigenvalue weighted by Gasteiger charge is -2.29. The molecule has 1 saturated carbocycles.